The zero-order valence-electron chi connectivity index (χ0n) is 15.3. The Hall–Kier alpha value is -3.69. The van der Waals surface area contributed by atoms with Crippen molar-refractivity contribution < 1.29 is 9.59 Å². The number of aromatic amines is 1. The van der Waals surface area contributed by atoms with Gasteiger partial charge in [0, 0.05) is 33.1 Å². The molecule has 2 amide bonds. The van der Waals surface area contributed by atoms with Crippen LogP contribution >= 0.6 is 0 Å². The molecule has 1 aliphatic heterocycles. The van der Waals surface area contributed by atoms with E-state index < -0.39 is 5.91 Å². The Morgan fingerprint density at radius 1 is 1.11 bits per heavy atom. The number of nitrogens with one attached hydrogen (secondary N) is 2. The molecule has 1 saturated heterocycles. The zero-order chi connectivity index (χ0) is 19.7. The number of H-pyrrole nitrogens is 1. The van der Waals surface area contributed by atoms with Crippen LogP contribution in [0.4, 0.5) is 17.6 Å². The van der Waals surface area contributed by atoms with Crippen LogP contribution in [-0.2, 0) is 4.79 Å². The van der Waals surface area contributed by atoms with Gasteiger partial charge < -0.3 is 25.8 Å². The number of imidazole rings is 1. The summed E-state index contributed by atoms with van der Waals surface area (Å²) >= 11 is 0. The second kappa shape index (κ2) is 7.14. The van der Waals surface area contributed by atoms with Gasteiger partial charge in [0.15, 0.2) is 0 Å². The van der Waals surface area contributed by atoms with E-state index in [9.17, 15) is 9.59 Å². The number of hydrogen-bond acceptors (Lipinski definition) is 7. The second-order valence-electron chi connectivity index (χ2n) is 6.55. The molecular formula is C18H20N8O2. The third-order valence-electron chi connectivity index (χ3n) is 4.59. The normalized spacial score (nSPS) is 14.3. The van der Waals surface area contributed by atoms with E-state index in [0.717, 1.165) is 31.7 Å². The summed E-state index contributed by atoms with van der Waals surface area (Å²) in [6.45, 7) is 4.33. The number of para-hydroxylation sites is 1. The summed E-state index contributed by atoms with van der Waals surface area (Å²) in [6.07, 6.45) is 3.20. The fourth-order valence-corrected chi connectivity index (χ4v) is 3.24. The first-order valence-corrected chi connectivity index (χ1v) is 8.89. The predicted molar refractivity (Wildman–Crippen MR) is 105 cm³/mol. The fourth-order valence-electron chi connectivity index (χ4n) is 3.24. The molecule has 0 unspecified atom stereocenters. The van der Waals surface area contributed by atoms with E-state index >= 15 is 0 Å². The van der Waals surface area contributed by atoms with Crippen molar-refractivity contribution in [2.75, 3.05) is 41.3 Å². The van der Waals surface area contributed by atoms with Gasteiger partial charge in [-0.3, -0.25) is 9.59 Å². The quantitative estimate of drug-likeness (QED) is 0.608. The molecule has 0 spiro atoms. The Balaban J connectivity index is 1.45. The molecule has 0 bridgehead atoms. The Morgan fingerprint density at radius 3 is 2.43 bits per heavy atom. The molecule has 4 rings (SSSR count). The zero-order valence-corrected chi connectivity index (χ0v) is 15.3. The van der Waals surface area contributed by atoms with Gasteiger partial charge in [-0.2, -0.15) is 0 Å². The minimum absolute atomic E-state index is 0.157. The number of amides is 2. The molecule has 28 heavy (non-hydrogen) atoms. The molecule has 10 heteroatoms. The van der Waals surface area contributed by atoms with Gasteiger partial charge in [-0.15, -0.1) is 0 Å². The number of carbonyl (C=O) groups excluding carboxylic acids is 2. The van der Waals surface area contributed by atoms with Crippen molar-refractivity contribution in [1.29, 1.82) is 0 Å². The predicted octanol–water partition coefficient (Wildman–Crippen LogP) is 0.737. The number of benzene rings is 1. The number of primary amides is 1. The molecule has 0 saturated carbocycles. The van der Waals surface area contributed by atoms with Crippen LogP contribution < -0.4 is 20.9 Å². The van der Waals surface area contributed by atoms with Gasteiger partial charge in [0.2, 0.25) is 17.8 Å². The third kappa shape index (κ3) is 3.43. The molecule has 10 nitrogen and oxygen atoms in total. The van der Waals surface area contributed by atoms with Crippen LogP contribution in [0.25, 0.3) is 11.0 Å². The highest BCUT2D eigenvalue weighted by atomic mass is 16.1. The molecule has 1 fully saturated rings. The lowest BCUT2D eigenvalue weighted by atomic mass is 10.2. The number of hydrogen-bond donors (Lipinski definition) is 3. The van der Waals surface area contributed by atoms with Crippen molar-refractivity contribution >= 4 is 40.4 Å². The summed E-state index contributed by atoms with van der Waals surface area (Å²) in [7, 11) is 0. The highest BCUT2D eigenvalue weighted by Gasteiger charge is 2.22. The maximum Gasteiger partial charge on any atom is 0.250 e. The van der Waals surface area contributed by atoms with Gasteiger partial charge in [-0.25, -0.2) is 15.0 Å². The molecule has 4 N–H and O–H groups in total. The van der Waals surface area contributed by atoms with Crippen LogP contribution in [0.1, 0.15) is 17.3 Å². The first kappa shape index (κ1) is 17.7. The number of carbonyl (C=O) groups is 2. The van der Waals surface area contributed by atoms with E-state index in [1.807, 2.05) is 6.07 Å². The summed E-state index contributed by atoms with van der Waals surface area (Å²) in [5, 5.41) is 2.65. The molecular weight excluding hydrogens is 360 g/mol. The van der Waals surface area contributed by atoms with Crippen LogP contribution in [0.3, 0.4) is 0 Å². The first-order valence-electron chi connectivity index (χ1n) is 8.89. The Labute approximate surface area is 160 Å². The van der Waals surface area contributed by atoms with Crippen LogP contribution in [0.15, 0.2) is 30.6 Å². The lowest BCUT2D eigenvalue weighted by Gasteiger charge is -2.34. The lowest BCUT2D eigenvalue weighted by Crippen LogP contribution is -2.47. The molecule has 0 radical (unpaired) electrons. The van der Waals surface area contributed by atoms with Crippen molar-refractivity contribution in [2.24, 2.45) is 5.73 Å². The summed E-state index contributed by atoms with van der Waals surface area (Å²) in [6, 6.07) is 5.33. The van der Waals surface area contributed by atoms with Crippen molar-refractivity contribution in [3.05, 3.63) is 36.2 Å². The minimum Gasteiger partial charge on any atom is -0.366 e. The lowest BCUT2D eigenvalue weighted by molar-refractivity contribution is -0.114. The summed E-state index contributed by atoms with van der Waals surface area (Å²) in [4.78, 5) is 43.3. The molecule has 2 aromatic heterocycles. The standard InChI is InChI=1S/C18H20N8O2/c1-11(27)22-12-9-20-17(21-10-12)25-5-7-26(8-6-25)18-23-14-4-2-3-13(16(19)28)15(14)24-18/h2-4,9-10H,5-8H2,1H3,(H2,19,28)(H,22,27)(H,23,24). The summed E-state index contributed by atoms with van der Waals surface area (Å²) < 4.78 is 0. The van der Waals surface area contributed by atoms with Gasteiger partial charge in [0.05, 0.1) is 29.2 Å². The maximum absolute atomic E-state index is 11.6. The molecule has 0 aliphatic carbocycles. The number of nitrogens with zero attached hydrogens (tertiary/aromatic N) is 5. The van der Waals surface area contributed by atoms with E-state index in [1.165, 1.54) is 6.92 Å². The highest BCUT2D eigenvalue weighted by Crippen LogP contribution is 2.22. The average Bonchev–Trinajstić information content (AvgIpc) is 3.12. The highest BCUT2D eigenvalue weighted by molar-refractivity contribution is 6.04. The van der Waals surface area contributed by atoms with Crippen LogP contribution in [0.5, 0.6) is 0 Å². The van der Waals surface area contributed by atoms with E-state index in [-0.39, 0.29) is 5.91 Å². The van der Waals surface area contributed by atoms with Crippen molar-refractivity contribution in [2.45, 2.75) is 6.92 Å². The van der Waals surface area contributed by atoms with Gasteiger partial charge in [0.25, 0.3) is 5.91 Å². The summed E-state index contributed by atoms with van der Waals surface area (Å²) in [5.41, 5.74) is 7.79. The van der Waals surface area contributed by atoms with Gasteiger partial charge in [-0.1, -0.05) is 6.07 Å². The third-order valence-corrected chi connectivity index (χ3v) is 4.59. The molecule has 144 valence electrons. The van der Waals surface area contributed by atoms with Crippen LogP contribution in [0, 0.1) is 0 Å². The number of aromatic nitrogens is 4. The summed E-state index contributed by atoms with van der Waals surface area (Å²) in [5.74, 6) is 0.684. The Bertz CT molecular complexity index is 1020. The molecule has 1 aliphatic rings. The van der Waals surface area contributed by atoms with E-state index in [0.29, 0.717) is 28.7 Å². The maximum atomic E-state index is 11.6. The average molecular weight is 380 g/mol. The van der Waals surface area contributed by atoms with Crippen LogP contribution in [-0.4, -0.2) is 57.9 Å². The molecule has 1 aromatic carbocycles. The number of piperazine rings is 1. The van der Waals surface area contributed by atoms with Gasteiger partial charge in [-0.05, 0) is 12.1 Å². The molecule has 3 aromatic rings. The first-order chi connectivity index (χ1) is 13.5. The molecule has 3 heterocycles. The number of rotatable bonds is 4. The van der Waals surface area contributed by atoms with Crippen molar-refractivity contribution in [3.63, 3.8) is 0 Å². The van der Waals surface area contributed by atoms with Gasteiger partial charge >= 0.3 is 0 Å². The van der Waals surface area contributed by atoms with Crippen molar-refractivity contribution in [3.8, 4) is 0 Å². The van der Waals surface area contributed by atoms with Gasteiger partial charge in [0.1, 0.15) is 5.52 Å². The fraction of sp³-hybridized carbons (Fsp3) is 0.278. The minimum atomic E-state index is -0.492. The number of nitrogens with two attached hydrogens (primary N) is 1. The van der Waals surface area contributed by atoms with E-state index in [4.69, 9.17) is 5.73 Å². The van der Waals surface area contributed by atoms with E-state index in [1.54, 1.807) is 24.5 Å². The number of anilines is 3. The van der Waals surface area contributed by atoms with E-state index in [2.05, 4.69) is 35.1 Å². The second-order valence-corrected chi connectivity index (χ2v) is 6.55. The monoisotopic (exact) mass is 380 g/mol. The smallest absolute Gasteiger partial charge is 0.250 e. The number of fused-ring (bicyclic) bond motifs is 1. The Morgan fingerprint density at radius 2 is 1.79 bits per heavy atom. The Kier molecular flexibility index (Phi) is 4.52. The topological polar surface area (TPSA) is 133 Å². The van der Waals surface area contributed by atoms with Crippen molar-refractivity contribution in [1.82, 2.24) is 19.9 Å². The SMILES string of the molecule is CC(=O)Nc1cnc(N2CCN(c3nc4c(C(N)=O)cccc4[nH]3)CC2)nc1. The largest absolute Gasteiger partial charge is 0.366 e. The van der Waals surface area contributed by atoms with Crippen LogP contribution in [0.2, 0.25) is 0 Å². The molecule has 0 atom stereocenters.